The number of nitrogen functional groups attached to an aromatic ring is 1. The van der Waals surface area contributed by atoms with Gasteiger partial charge in [0.25, 0.3) is 0 Å². The van der Waals surface area contributed by atoms with E-state index in [1.165, 1.54) is 0 Å². The molecule has 2 N–H and O–H groups in total. The lowest BCUT2D eigenvalue weighted by Gasteiger charge is -2.10. The summed E-state index contributed by atoms with van der Waals surface area (Å²) in [6.45, 7) is 3.95. The monoisotopic (exact) mass is 199 g/mol. The number of hydrogen-bond acceptors (Lipinski definition) is 4. The Kier molecular flexibility index (Phi) is 3.35. The van der Waals surface area contributed by atoms with Crippen molar-refractivity contribution in [2.75, 3.05) is 19.5 Å². The molecule has 0 saturated carbocycles. The molecule has 0 aliphatic heterocycles. The second-order valence-corrected chi connectivity index (χ2v) is 3.22. The molecule has 14 heavy (non-hydrogen) atoms. The van der Waals surface area contributed by atoms with Crippen LogP contribution in [-0.2, 0) is 4.74 Å². The average molecular weight is 199 g/mol. The summed E-state index contributed by atoms with van der Waals surface area (Å²) in [6, 6.07) is 0. The van der Waals surface area contributed by atoms with Gasteiger partial charge in [0.2, 0.25) is 0 Å². The summed E-state index contributed by atoms with van der Waals surface area (Å²) in [5.41, 5.74) is 5.66. The fraction of sp³-hybridized carbons (Fsp3) is 0.556. The van der Waals surface area contributed by atoms with Crippen LogP contribution in [0.1, 0.15) is 24.4 Å². The number of ether oxygens (including phenoxy) is 1. The zero-order valence-corrected chi connectivity index (χ0v) is 8.54. The third-order valence-corrected chi connectivity index (χ3v) is 1.92. The summed E-state index contributed by atoms with van der Waals surface area (Å²) in [6.07, 6.45) is 0. The van der Waals surface area contributed by atoms with Gasteiger partial charge in [-0.15, -0.1) is 0 Å². The van der Waals surface area contributed by atoms with E-state index in [0.29, 0.717) is 12.4 Å². The molecule has 1 heterocycles. The molecule has 0 amide bonds. The standard InChI is InChI=1S/C9H14FN3O/c1-5(4-14-3)9-12-6(2)7(10)8(11)13-9/h5H,4H2,1-3H3,(H2,11,12,13). The van der Waals surface area contributed by atoms with Gasteiger partial charge < -0.3 is 10.5 Å². The van der Waals surface area contributed by atoms with Crippen LogP contribution >= 0.6 is 0 Å². The molecule has 5 heteroatoms. The molecule has 0 spiro atoms. The van der Waals surface area contributed by atoms with Crippen molar-refractivity contribution in [3.8, 4) is 0 Å². The second kappa shape index (κ2) is 4.32. The topological polar surface area (TPSA) is 61.0 Å². The molecule has 1 unspecified atom stereocenters. The maximum atomic E-state index is 13.1. The number of aromatic nitrogens is 2. The molecular formula is C9H14FN3O. The van der Waals surface area contributed by atoms with Gasteiger partial charge in [0.05, 0.1) is 12.3 Å². The minimum Gasteiger partial charge on any atom is -0.384 e. The summed E-state index contributed by atoms with van der Waals surface area (Å²) in [5.74, 6) is -0.112. The van der Waals surface area contributed by atoms with Gasteiger partial charge in [-0.3, -0.25) is 0 Å². The largest absolute Gasteiger partial charge is 0.384 e. The van der Waals surface area contributed by atoms with Crippen LogP contribution in [0.15, 0.2) is 0 Å². The fourth-order valence-electron chi connectivity index (χ4n) is 1.15. The molecule has 0 radical (unpaired) electrons. The Morgan fingerprint density at radius 2 is 2.14 bits per heavy atom. The Morgan fingerprint density at radius 3 is 2.64 bits per heavy atom. The van der Waals surface area contributed by atoms with Crippen LogP contribution in [0.3, 0.4) is 0 Å². The maximum Gasteiger partial charge on any atom is 0.186 e. The zero-order chi connectivity index (χ0) is 10.7. The van der Waals surface area contributed by atoms with Crippen LogP contribution in [0, 0.1) is 12.7 Å². The van der Waals surface area contributed by atoms with E-state index in [4.69, 9.17) is 10.5 Å². The molecule has 0 fully saturated rings. The van der Waals surface area contributed by atoms with E-state index in [1.807, 2.05) is 6.92 Å². The van der Waals surface area contributed by atoms with E-state index in [9.17, 15) is 4.39 Å². The van der Waals surface area contributed by atoms with Crippen molar-refractivity contribution in [1.29, 1.82) is 0 Å². The molecule has 4 nitrogen and oxygen atoms in total. The number of nitrogens with two attached hydrogens (primary N) is 1. The number of rotatable bonds is 3. The van der Waals surface area contributed by atoms with Crippen LogP contribution < -0.4 is 5.73 Å². The van der Waals surface area contributed by atoms with E-state index in [-0.39, 0.29) is 17.4 Å². The number of nitrogens with zero attached hydrogens (tertiary/aromatic N) is 2. The van der Waals surface area contributed by atoms with Gasteiger partial charge >= 0.3 is 0 Å². The summed E-state index contributed by atoms with van der Waals surface area (Å²) in [4.78, 5) is 7.87. The molecule has 0 saturated heterocycles. The van der Waals surface area contributed by atoms with E-state index in [1.54, 1.807) is 14.0 Å². The first-order valence-electron chi connectivity index (χ1n) is 4.34. The molecule has 0 aliphatic rings. The highest BCUT2D eigenvalue weighted by atomic mass is 19.1. The van der Waals surface area contributed by atoms with Crippen molar-refractivity contribution in [2.24, 2.45) is 0 Å². The van der Waals surface area contributed by atoms with Crippen LogP contribution in [0.25, 0.3) is 0 Å². The molecular weight excluding hydrogens is 185 g/mol. The minimum absolute atomic E-state index is 0.0154. The smallest absolute Gasteiger partial charge is 0.186 e. The molecule has 0 aromatic carbocycles. The molecule has 0 bridgehead atoms. The number of halogens is 1. The quantitative estimate of drug-likeness (QED) is 0.796. The van der Waals surface area contributed by atoms with Crippen molar-refractivity contribution >= 4 is 5.82 Å². The summed E-state index contributed by atoms with van der Waals surface area (Å²) >= 11 is 0. The average Bonchev–Trinajstić information content (AvgIpc) is 2.13. The van der Waals surface area contributed by atoms with E-state index < -0.39 is 5.82 Å². The van der Waals surface area contributed by atoms with Gasteiger partial charge in [0, 0.05) is 13.0 Å². The van der Waals surface area contributed by atoms with E-state index >= 15 is 0 Å². The first kappa shape index (κ1) is 10.8. The predicted octanol–water partition coefficient (Wildman–Crippen LogP) is 1.26. The van der Waals surface area contributed by atoms with Crippen LogP contribution in [-0.4, -0.2) is 23.7 Å². The number of aryl methyl sites for hydroxylation is 1. The molecule has 78 valence electrons. The zero-order valence-electron chi connectivity index (χ0n) is 8.54. The van der Waals surface area contributed by atoms with Crippen LogP contribution in [0.2, 0.25) is 0 Å². The Balaban J connectivity index is 3.00. The molecule has 1 aromatic heterocycles. The first-order chi connectivity index (χ1) is 6.56. The summed E-state index contributed by atoms with van der Waals surface area (Å²) in [7, 11) is 1.59. The number of methoxy groups -OCH3 is 1. The highest BCUT2D eigenvalue weighted by Crippen LogP contribution is 2.16. The Labute approximate surface area is 82.3 Å². The minimum atomic E-state index is -0.543. The van der Waals surface area contributed by atoms with Crippen LogP contribution in [0.5, 0.6) is 0 Å². The lowest BCUT2D eigenvalue weighted by Crippen LogP contribution is -2.11. The van der Waals surface area contributed by atoms with Gasteiger partial charge in [0.15, 0.2) is 11.6 Å². The molecule has 0 aliphatic carbocycles. The van der Waals surface area contributed by atoms with Gasteiger partial charge in [-0.2, -0.15) is 0 Å². The Hall–Kier alpha value is -1.23. The van der Waals surface area contributed by atoms with Crippen LogP contribution in [0.4, 0.5) is 10.2 Å². The lowest BCUT2D eigenvalue weighted by atomic mass is 10.2. The van der Waals surface area contributed by atoms with Crippen molar-refractivity contribution in [2.45, 2.75) is 19.8 Å². The number of anilines is 1. The first-order valence-corrected chi connectivity index (χ1v) is 4.34. The second-order valence-electron chi connectivity index (χ2n) is 3.22. The van der Waals surface area contributed by atoms with Gasteiger partial charge in [-0.1, -0.05) is 6.92 Å². The van der Waals surface area contributed by atoms with E-state index in [2.05, 4.69) is 9.97 Å². The highest BCUT2D eigenvalue weighted by Gasteiger charge is 2.13. The van der Waals surface area contributed by atoms with E-state index in [0.717, 1.165) is 0 Å². The van der Waals surface area contributed by atoms with Gasteiger partial charge in [-0.05, 0) is 6.92 Å². The molecule has 1 rings (SSSR count). The summed E-state index contributed by atoms with van der Waals surface area (Å²) in [5, 5.41) is 0. The molecule has 1 atom stereocenters. The third kappa shape index (κ3) is 2.17. The maximum absolute atomic E-state index is 13.1. The fourth-order valence-corrected chi connectivity index (χ4v) is 1.15. The normalized spacial score (nSPS) is 12.9. The van der Waals surface area contributed by atoms with Gasteiger partial charge in [-0.25, -0.2) is 14.4 Å². The lowest BCUT2D eigenvalue weighted by molar-refractivity contribution is 0.181. The number of hydrogen-bond donors (Lipinski definition) is 1. The molecule has 1 aromatic rings. The van der Waals surface area contributed by atoms with Crippen molar-refractivity contribution in [3.05, 3.63) is 17.3 Å². The van der Waals surface area contributed by atoms with Crippen molar-refractivity contribution < 1.29 is 9.13 Å². The van der Waals surface area contributed by atoms with Gasteiger partial charge in [0.1, 0.15) is 5.82 Å². The van der Waals surface area contributed by atoms with Crippen molar-refractivity contribution in [1.82, 2.24) is 9.97 Å². The SMILES string of the molecule is COCC(C)c1nc(C)c(F)c(N)n1. The third-order valence-electron chi connectivity index (χ3n) is 1.92. The Bertz CT molecular complexity index is 307. The Morgan fingerprint density at radius 1 is 1.50 bits per heavy atom. The van der Waals surface area contributed by atoms with Crippen molar-refractivity contribution in [3.63, 3.8) is 0 Å². The predicted molar refractivity (Wildman–Crippen MR) is 51.4 cm³/mol. The summed E-state index contributed by atoms with van der Waals surface area (Å²) < 4.78 is 18.0. The highest BCUT2D eigenvalue weighted by molar-refractivity contribution is 5.32.